The summed E-state index contributed by atoms with van der Waals surface area (Å²) in [6.07, 6.45) is 1.59. The molecule has 0 aromatic heterocycles. The highest BCUT2D eigenvalue weighted by Crippen LogP contribution is 2.30. The van der Waals surface area contributed by atoms with E-state index in [0.717, 1.165) is 18.6 Å². The topological polar surface area (TPSA) is 81.5 Å². The first-order chi connectivity index (χ1) is 8.33. The molecule has 4 nitrogen and oxygen atoms in total. The van der Waals surface area contributed by atoms with Gasteiger partial charge in [-0.25, -0.2) is 0 Å². The van der Waals surface area contributed by atoms with Crippen LogP contribution in [0.1, 0.15) is 45.2 Å². The fourth-order valence-corrected chi connectivity index (χ4v) is 1.74. The van der Waals surface area contributed by atoms with E-state index in [0.29, 0.717) is 12.1 Å². The molecule has 110 valence electrons. The van der Waals surface area contributed by atoms with Crippen molar-refractivity contribution in [1.82, 2.24) is 0 Å². The molecule has 0 aliphatic carbocycles. The molecular formula is C14H25ClN2O2. The lowest BCUT2D eigenvalue weighted by Gasteiger charge is -2.22. The molecule has 0 bridgehead atoms. The van der Waals surface area contributed by atoms with Gasteiger partial charge in [0.2, 0.25) is 0 Å². The molecule has 0 aliphatic rings. The molecule has 0 radical (unpaired) electrons. The smallest absolute Gasteiger partial charge is 0.120 e. The van der Waals surface area contributed by atoms with Crippen molar-refractivity contribution in [2.24, 2.45) is 11.5 Å². The molecule has 19 heavy (non-hydrogen) atoms. The number of hydrogen-bond donors (Lipinski definition) is 3. The Kier molecular flexibility index (Phi) is 7.19. The van der Waals surface area contributed by atoms with Crippen LogP contribution in [0.25, 0.3) is 0 Å². The van der Waals surface area contributed by atoms with Gasteiger partial charge in [-0.05, 0) is 58.4 Å². The van der Waals surface area contributed by atoms with Crippen molar-refractivity contribution in [3.05, 3.63) is 23.8 Å². The van der Waals surface area contributed by atoms with Gasteiger partial charge in [-0.1, -0.05) is 0 Å². The SMILES string of the molecule is CC(C)(C)Oc1ccc(O)c([C@@H](N)CCCN)c1.Cl. The Morgan fingerprint density at radius 2 is 1.95 bits per heavy atom. The van der Waals surface area contributed by atoms with E-state index in [-0.39, 0.29) is 29.8 Å². The van der Waals surface area contributed by atoms with Crippen LogP contribution in [0.2, 0.25) is 0 Å². The number of halogens is 1. The van der Waals surface area contributed by atoms with Gasteiger partial charge in [0, 0.05) is 11.6 Å². The molecule has 1 aromatic rings. The van der Waals surface area contributed by atoms with E-state index in [4.69, 9.17) is 16.2 Å². The Morgan fingerprint density at radius 1 is 1.32 bits per heavy atom. The van der Waals surface area contributed by atoms with Crippen LogP contribution in [-0.2, 0) is 0 Å². The zero-order chi connectivity index (χ0) is 13.8. The maximum Gasteiger partial charge on any atom is 0.120 e. The number of phenolic OH excluding ortho intramolecular Hbond substituents is 1. The lowest BCUT2D eigenvalue weighted by molar-refractivity contribution is 0.130. The van der Waals surface area contributed by atoms with Crippen LogP contribution < -0.4 is 16.2 Å². The second-order valence-corrected chi connectivity index (χ2v) is 5.47. The average molecular weight is 289 g/mol. The Balaban J connectivity index is 0.00000324. The van der Waals surface area contributed by atoms with Crippen molar-refractivity contribution in [2.45, 2.75) is 45.3 Å². The first-order valence-corrected chi connectivity index (χ1v) is 6.31. The molecule has 0 saturated heterocycles. The second kappa shape index (κ2) is 7.58. The summed E-state index contributed by atoms with van der Waals surface area (Å²) in [6, 6.07) is 4.97. The number of ether oxygens (including phenoxy) is 1. The lowest BCUT2D eigenvalue weighted by atomic mass is 10.0. The van der Waals surface area contributed by atoms with Crippen LogP contribution in [0, 0.1) is 0 Å². The largest absolute Gasteiger partial charge is 0.508 e. The summed E-state index contributed by atoms with van der Waals surface area (Å²) in [5.74, 6) is 0.930. The summed E-state index contributed by atoms with van der Waals surface area (Å²) >= 11 is 0. The van der Waals surface area contributed by atoms with Crippen LogP contribution in [0.15, 0.2) is 18.2 Å². The Labute approximate surface area is 121 Å². The van der Waals surface area contributed by atoms with Crippen molar-refractivity contribution >= 4 is 12.4 Å². The molecule has 0 amide bonds. The van der Waals surface area contributed by atoms with E-state index in [1.54, 1.807) is 12.1 Å². The zero-order valence-electron chi connectivity index (χ0n) is 11.8. The van der Waals surface area contributed by atoms with Gasteiger partial charge in [0.05, 0.1) is 0 Å². The van der Waals surface area contributed by atoms with E-state index >= 15 is 0 Å². The highest BCUT2D eigenvalue weighted by Gasteiger charge is 2.15. The highest BCUT2D eigenvalue weighted by atomic mass is 35.5. The third-order valence-corrected chi connectivity index (χ3v) is 2.54. The molecule has 0 fully saturated rings. The van der Waals surface area contributed by atoms with Crippen LogP contribution in [0.5, 0.6) is 11.5 Å². The van der Waals surface area contributed by atoms with Crippen LogP contribution in [0.3, 0.4) is 0 Å². The van der Waals surface area contributed by atoms with Crippen molar-refractivity contribution in [2.75, 3.05) is 6.54 Å². The van der Waals surface area contributed by atoms with E-state index < -0.39 is 0 Å². The highest BCUT2D eigenvalue weighted by molar-refractivity contribution is 5.85. The van der Waals surface area contributed by atoms with Gasteiger partial charge < -0.3 is 21.3 Å². The summed E-state index contributed by atoms with van der Waals surface area (Å²) in [4.78, 5) is 0. The van der Waals surface area contributed by atoms with Crippen LogP contribution >= 0.6 is 12.4 Å². The maximum absolute atomic E-state index is 9.84. The fourth-order valence-electron chi connectivity index (χ4n) is 1.74. The van der Waals surface area contributed by atoms with Crippen molar-refractivity contribution < 1.29 is 9.84 Å². The summed E-state index contributed by atoms with van der Waals surface area (Å²) in [5.41, 5.74) is 12.0. The predicted molar refractivity (Wildman–Crippen MR) is 81.0 cm³/mol. The van der Waals surface area contributed by atoms with Crippen molar-refractivity contribution in [3.8, 4) is 11.5 Å². The van der Waals surface area contributed by atoms with Gasteiger partial charge in [0.15, 0.2) is 0 Å². The maximum atomic E-state index is 9.84. The van der Waals surface area contributed by atoms with Gasteiger partial charge in [0.1, 0.15) is 17.1 Å². The number of nitrogens with two attached hydrogens (primary N) is 2. The molecule has 5 N–H and O–H groups in total. The molecule has 5 heteroatoms. The quantitative estimate of drug-likeness (QED) is 0.778. The molecule has 0 spiro atoms. The number of benzene rings is 1. The average Bonchev–Trinajstić information content (AvgIpc) is 2.26. The normalized spacial score (nSPS) is 12.7. The van der Waals surface area contributed by atoms with Gasteiger partial charge in [-0.3, -0.25) is 0 Å². The minimum Gasteiger partial charge on any atom is -0.508 e. The third kappa shape index (κ3) is 6.14. The Bertz CT molecular complexity index is 392. The monoisotopic (exact) mass is 288 g/mol. The molecule has 1 atom stereocenters. The van der Waals surface area contributed by atoms with Crippen LogP contribution in [0.4, 0.5) is 0 Å². The van der Waals surface area contributed by atoms with E-state index in [1.807, 2.05) is 26.8 Å². The molecule has 0 aliphatic heterocycles. The molecule has 1 rings (SSSR count). The molecule has 0 heterocycles. The summed E-state index contributed by atoms with van der Waals surface area (Å²) < 4.78 is 5.76. The molecular weight excluding hydrogens is 264 g/mol. The van der Waals surface area contributed by atoms with Crippen LogP contribution in [-0.4, -0.2) is 17.3 Å². The number of hydrogen-bond acceptors (Lipinski definition) is 4. The summed E-state index contributed by atoms with van der Waals surface area (Å²) in [6.45, 7) is 6.54. The molecule has 0 unspecified atom stereocenters. The Hall–Kier alpha value is -0.970. The zero-order valence-corrected chi connectivity index (χ0v) is 12.7. The van der Waals surface area contributed by atoms with Gasteiger partial charge in [0.25, 0.3) is 0 Å². The van der Waals surface area contributed by atoms with Gasteiger partial charge >= 0.3 is 0 Å². The van der Waals surface area contributed by atoms with E-state index in [9.17, 15) is 5.11 Å². The minimum absolute atomic E-state index is 0. The predicted octanol–water partition coefficient (Wildman–Crippen LogP) is 2.73. The second-order valence-electron chi connectivity index (χ2n) is 5.47. The number of phenols is 1. The number of rotatable bonds is 5. The summed E-state index contributed by atoms with van der Waals surface area (Å²) in [5, 5.41) is 9.84. The Morgan fingerprint density at radius 3 is 2.47 bits per heavy atom. The fraction of sp³-hybridized carbons (Fsp3) is 0.571. The van der Waals surface area contributed by atoms with E-state index in [2.05, 4.69) is 0 Å². The van der Waals surface area contributed by atoms with Crippen molar-refractivity contribution in [3.63, 3.8) is 0 Å². The minimum atomic E-state index is -0.268. The van der Waals surface area contributed by atoms with Crippen molar-refractivity contribution in [1.29, 1.82) is 0 Å². The molecule has 0 saturated carbocycles. The summed E-state index contributed by atoms with van der Waals surface area (Å²) in [7, 11) is 0. The number of aromatic hydroxyl groups is 1. The van der Waals surface area contributed by atoms with Gasteiger partial charge in [-0.15, -0.1) is 12.4 Å². The van der Waals surface area contributed by atoms with E-state index in [1.165, 1.54) is 0 Å². The first-order valence-electron chi connectivity index (χ1n) is 6.31. The van der Waals surface area contributed by atoms with Gasteiger partial charge in [-0.2, -0.15) is 0 Å². The molecule has 1 aromatic carbocycles. The standard InChI is InChI=1S/C14H24N2O2.ClH/c1-14(2,3)18-10-6-7-13(17)11(9-10)12(16)5-4-8-15;/h6-7,9,12,17H,4-5,8,15-16H2,1-3H3;1H/t12-;/m0./s1. The third-order valence-electron chi connectivity index (χ3n) is 2.54. The lowest BCUT2D eigenvalue weighted by Crippen LogP contribution is -2.23. The first kappa shape index (κ1) is 18.0.